The first-order valence-corrected chi connectivity index (χ1v) is 25.9. The number of quaternary nitrogens is 1. The number of carbonyl (C=O) groups excluding carboxylic acids is 3. The van der Waals surface area contributed by atoms with Gasteiger partial charge in [0, 0.05) is 61.0 Å². The molecule has 6 rings (SSSR count). The van der Waals surface area contributed by atoms with Crippen molar-refractivity contribution in [2.75, 3.05) is 52.2 Å². The second kappa shape index (κ2) is 20.2. The number of carbonyl (C=O) groups is 3. The number of amides is 1. The number of aromatic hydroxyl groups is 2. The number of benzene rings is 2. The number of allylic oxidation sites excluding steroid dienone is 2. The minimum atomic E-state index is -2.09. The number of Topliss-reactive ketones (excluding diaryl/α,β-unsaturated/α-hetero) is 1. The van der Waals surface area contributed by atoms with Gasteiger partial charge in [-0.3, -0.25) is 19.4 Å². The summed E-state index contributed by atoms with van der Waals surface area (Å²) in [7, 11) is 2.03. The number of hydrogen-bond donors (Lipinski definition) is 5. The minimum Gasteiger partial charge on any atom is -0.872 e. The SMILES string of the molecule is COC1/C=C/O[C@@]2(C)Oc3c(C)c([O-])c4c(O)c(c(/C=N/N5CC[N+](C)(CC#C[Si](C)(C)C)CC5)c(O)c4c3C2=O)NC(=O)/C(C)=C\C=C\[C@H](C)[C@H](O)[C@@H](C)[C@@H](O)[C@@H](C)[C@H](OC(C)=O)[C@@H]1C. The monoisotopic (exact) mass is 932 g/mol. The molecule has 17 heteroatoms. The van der Waals surface area contributed by atoms with Crippen LogP contribution in [0.5, 0.6) is 23.0 Å². The zero-order chi connectivity index (χ0) is 49.2. The van der Waals surface area contributed by atoms with E-state index in [0.29, 0.717) is 19.6 Å². The van der Waals surface area contributed by atoms with E-state index in [1.54, 1.807) is 44.9 Å². The molecule has 2 aromatic rings. The zero-order valence-corrected chi connectivity index (χ0v) is 41.5. The second-order valence-corrected chi connectivity index (χ2v) is 24.3. The summed E-state index contributed by atoms with van der Waals surface area (Å²) in [5.41, 5.74) is 2.83. The number of nitrogens with zero attached hydrogens (tertiary/aromatic N) is 3. The van der Waals surface area contributed by atoms with Gasteiger partial charge in [0.2, 0.25) is 0 Å². The molecular formula is C49H68N4O12Si. The molecule has 1 saturated heterocycles. The molecule has 2 aromatic carbocycles. The predicted molar refractivity (Wildman–Crippen MR) is 253 cm³/mol. The zero-order valence-electron chi connectivity index (χ0n) is 40.5. The van der Waals surface area contributed by atoms with Gasteiger partial charge in [0.15, 0.2) is 0 Å². The number of ketones is 1. The standard InChI is InChI=1S/C49H68N4O12Si/c1-27-16-14-17-28(2)48(61)51-39-34(26-50-52-19-22-53(9,23-20-52)21-15-25-66(11,12)13)43(58)36-37(44(39)59)42(57)32(6)46-38(36)47(60)49(8,65-46)63-24-18-35(62-10)29(3)45(64-33(7)54)31(5)41(56)30(4)40(27)55/h14,16-18,24,26-27,29-31,35,40-41,45,55-56H,19-23H2,1-13H3,(H3-,50,51,57,58,59,60,61)/b16-14+,24-18+,28-17-/t27-,29+,30+,31+,35?,40-,41+,45+,49-/m0/s1. The highest BCUT2D eigenvalue weighted by Crippen LogP contribution is 2.54. The molecule has 360 valence electrons. The normalized spacial score (nSPS) is 30.5. The van der Waals surface area contributed by atoms with Gasteiger partial charge in [-0.2, -0.15) is 5.10 Å². The third-order valence-corrected chi connectivity index (χ3v) is 14.0. The number of hydrazone groups is 1. The molecule has 66 heavy (non-hydrogen) atoms. The summed E-state index contributed by atoms with van der Waals surface area (Å²) in [5, 5.41) is 69.9. The van der Waals surface area contributed by atoms with Crippen LogP contribution in [0.1, 0.15) is 70.0 Å². The van der Waals surface area contributed by atoms with E-state index in [4.69, 9.17) is 18.9 Å². The molecule has 0 radical (unpaired) electrons. The maximum absolute atomic E-state index is 14.6. The van der Waals surface area contributed by atoms with Crippen molar-refractivity contribution in [1.82, 2.24) is 5.01 Å². The molecule has 1 unspecified atom stereocenters. The van der Waals surface area contributed by atoms with E-state index in [1.165, 1.54) is 59.4 Å². The van der Waals surface area contributed by atoms with Crippen LogP contribution < -0.4 is 15.2 Å². The smallest absolute Gasteiger partial charge is 0.312 e. The van der Waals surface area contributed by atoms with Gasteiger partial charge in [-0.25, -0.2) is 0 Å². The van der Waals surface area contributed by atoms with Crippen LogP contribution in [0.15, 0.2) is 41.2 Å². The number of ether oxygens (including phenoxy) is 4. The average molecular weight is 933 g/mol. The number of rotatable bonds is 5. The van der Waals surface area contributed by atoms with Gasteiger partial charge in [-0.15, -0.1) is 5.54 Å². The number of esters is 1. The van der Waals surface area contributed by atoms with E-state index < -0.39 is 102 Å². The average Bonchev–Trinajstić information content (AvgIpc) is 3.51. The fourth-order valence-electron chi connectivity index (χ4n) is 8.70. The number of phenols is 2. The molecule has 1 amide bonds. The summed E-state index contributed by atoms with van der Waals surface area (Å²) in [4.78, 5) is 40.9. The Labute approximate surface area is 389 Å². The first-order chi connectivity index (χ1) is 30.8. The Kier molecular flexibility index (Phi) is 15.8. The number of nitrogens with one attached hydrogen (secondary N) is 1. The van der Waals surface area contributed by atoms with Crippen molar-refractivity contribution in [3.05, 3.63) is 52.8 Å². The molecule has 4 heterocycles. The predicted octanol–water partition coefficient (Wildman–Crippen LogP) is 5.10. The van der Waals surface area contributed by atoms with Crippen molar-refractivity contribution in [2.24, 2.45) is 28.8 Å². The van der Waals surface area contributed by atoms with Crippen LogP contribution in [-0.2, 0) is 23.8 Å². The highest BCUT2D eigenvalue weighted by Gasteiger charge is 2.49. The summed E-state index contributed by atoms with van der Waals surface area (Å²) in [5.74, 6) is -5.56. The molecule has 0 spiro atoms. The number of methoxy groups -OCH3 is 1. The van der Waals surface area contributed by atoms with E-state index in [-0.39, 0.29) is 39.1 Å². The molecule has 5 bridgehead atoms. The number of hydrogen-bond acceptors (Lipinski definition) is 14. The Bertz CT molecular complexity index is 2390. The number of anilines is 1. The van der Waals surface area contributed by atoms with Crippen molar-refractivity contribution < 1.29 is 63.3 Å². The van der Waals surface area contributed by atoms with Crippen LogP contribution in [0, 0.1) is 42.1 Å². The van der Waals surface area contributed by atoms with Gasteiger partial charge in [-0.1, -0.05) is 77.2 Å². The van der Waals surface area contributed by atoms with Gasteiger partial charge in [0.25, 0.3) is 11.7 Å². The summed E-state index contributed by atoms with van der Waals surface area (Å²) < 4.78 is 24.4. The van der Waals surface area contributed by atoms with Gasteiger partial charge < -0.3 is 54.3 Å². The van der Waals surface area contributed by atoms with Crippen LogP contribution in [0.4, 0.5) is 5.69 Å². The maximum Gasteiger partial charge on any atom is 0.312 e. The molecule has 9 atom stereocenters. The molecule has 0 saturated carbocycles. The van der Waals surface area contributed by atoms with Crippen LogP contribution >= 0.6 is 0 Å². The molecule has 4 aliphatic rings. The van der Waals surface area contributed by atoms with E-state index in [0.717, 1.165) is 17.6 Å². The fraction of sp³-hybridized carbons (Fsp3) is 0.551. The van der Waals surface area contributed by atoms with Crippen molar-refractivity contribution in [1.29, 1.82) is 0 Å². The molecule has 0 aliphatic carbocycles. The Morgan fingerprint density at radius 1 is 1.05 bits per heavy atom. The summed E-state index contributed by atoms with van der Waals surface area (Å²) >= 11 is 0. The highest BCUT2D eigenvalue weighted by atomic mass is 28.3. The number of aliphatic hydroxyl groups excluding tert-OH is 2. The van der Waals surface area contributed by atoms with Crippen LogP contribution in [0.25, 0.3) is 10.8 Å². The van der Waals surface area contributed by atoms with Crippen LogP contribution in [-0.4, -0.2) is 139 Å². The second-order valence-electron chi connectivity index (χ2n) is 19.6. The van der Waals surface area contributed by atoms with Crippen molar-refractivity contribution >= 4 is 48.4 Å². The molecule has 0 aromatic heterocycles. The number of phenolic OH excluding ortho intramolecular Hbond substituents is 2. The first-order valence-electron chi connectivity index (χ1n) is 22.4. The van der Waals surface area contributed by atoms with Gasteiger partial charge in [-0.05, 0) is 25.5 Å². The van der Waals surface area contributed by atoms with E-state index in [2.05, 4.69) is 48.6 Å². The van der Waals surface area contributed by atoms with Gasteiger partial charge in [0.05, 0.1) is 80.8 Å². The van der Waals surface area contributed by atoms with Crippen molar-refractivity contribution in [2.45, 2.75) is 105 Å². The lowest BCUT2D eigenvalue weighted by Gasteiger charge is -2.39. The molecular weight excluding hydrogens is 865 g/mol. The maximum atomic E-state index is 14.6. The third-order valence-electron chi connectivity index (χ3n) is 13.1. The lowest BCUT2D eigenvalue weighted by molar-refractivity contribution is -0.906. The number of likely N-dealkylation sites (N-methyl/N-ethyl adjacent to an activating group) is 1. The lowest BCUT2D eigenvalue weighted by atomic mass is 9.78. The molecule has 5 N–H and O–H groups in total. The van der Waals surface area contributed by atoms with Crippen molar-refractivity contribution in [3.63, 3.8) is 0 Å². The van der Waals surface area contributed by atoms with Gasteiger partial charge in [0.1, 0.15) is 38.0 Å². The van der Waals surface area contributed by atoms with E-state index in [9.17, 15) is 39.9 Å². The van der Waals surface area contributed by atoms with Crippen molar-refractivity contribution in [3.8, 4) is 34.5 Å². The lowest BCUT2D eigenvalue weighted by Crippen LogP contribution is -2.56. The highest BCUT2D eigenvalue weighted by molar-refractivity contribution is 6.83. The van der Waals surface area contributed by atoms with E-state index >= 15 is 0 Å². The number of aliphatic hydroxyl groups is 2. The molecule has 1 fully saturated rings. The Hall–Kier alpha value is -5.38. The van der Waals surface area contributed by atoms with Gasteiger partial charge >= 0.3 is 11.8 Å². The minimum absolute atomic E-state index is 0.0583. The Morgan fingerprint density at radius 2 is 1.70 bits per heavy atom. The van der Waals surface area contributed by atoms with Crippen LogP contribution in [0.3, 0.4) is 0 Å². The first kappa shape index (κ1) is 51.6. The third kappa shape index (κ3) is 10.9. The molecule has 16 nitrogen and oxygen atoms in total. The Morgan fingerprint density at radius 3 is 2.30 bits per heavy atom. The fourth-order valence-corrected chi connectivity index (χ4v) is 9.31. The quantitative estimate of drug-likeness (QED) is 0.0502. The summed E-state index contributed by atoms with van der Waals surface area (Å²) in [6, 6.07) is 0. The van der Waals surface area contributed by atoms with Crippen LogP contribution in [0.2, 0.25) is 19.6 Å². The number of fused-ring (bicyclic) bond motifs is 14. The summed E-state index contributed by atoms with van der Waals surface area (Å²) in [6.07, 6.45) is 4.77. The van der Waals surface area contributed by atoms with E-state index in [1.807, 2.05) is 0 Å². The number of piperazine rings is 1. The molecule has 4 aliphatic heterocycles. The Balaban J connectivity index is 1.66. The largest absolute Gasteiger partial charge is 0.872 e. The topological polar surface area (TPSA) is 220 Å². The summed E-state index contributed by atoms with van der Waals surface area (Å²) in [6.45, 7) is 22.3.